The largest absolute Gasteiger partial charge is 0.508 e. The first-order valence-electron chi connectivity index (χ1n) is 10.5. The molecule has 1 aromatic heterocycles. The second kappa shape index (κ2) is 11.5. The highest BCUT2D eigenvalue weighted by molar-refractivity contribution is 5.91. The zero-order valence-corrected chi connectivity index (χ0v) is 18.1. The summed E-state index contributed by atoms with van der Waals surface area (Å²) in [5, 5.41) is 9.92. The van der Waals surface area contributed by atoms with Gasteiger partial charge in [0, 0.05) is 6.42 Å². The summed E-state index contributed by atoms with van der Waals surface area (Å²) >= 11 is 0. The van der Waals surface area contributed by atoms with E-state index in [1.807, 2.05) is 19.3 Å². The third-order valence-corrected chi connectivity index (χ3v) is 5.30. The zero-order valence-electron chi connectivity index (χ0n) is 18.1. The van der Waals surface area contributed by atoms with E-state index in [0.717, 1.165) is 37.7 Å². The molecule has 0 aromatic carbocycles. The molecule has 2 atom stereocenters. The van der Waals surface area contributed by atoms with Gasteiger partial charge < -0.3 is 14.3 Å². The number of hydrogen-bond donors (Lipinski definition) is 1. The minimum absolute atomic E-state index is 0.0750. The van der Waals surface area contributed by atoms with Crippen molar-refractivity contribution in [2.45, 2.75) is 72.3 Å². The smallest absolute Gasteiger partial charge is 0.338 e. The molecule has 1 aliphatic rings. The number of esters is 1. The van der Waals surface area contributed by atoms with Gasteiger partial charge in [-0.1, -0.05) is 42.4 Å². The van der Waals surface area contributed by atoms with E-state index >= 15 is 0 Å². The van der Waals surface area contributed by atoms with E-state index in [9.17, 15) is 9.90 Å². The number of carbonyl (C=O) groups is 1. The summed E-state index contributed by atoms with van der Waals surface area (Å²) in [5.41, 5.74) is 4.11. The van der Waals surface area contributed by atoms with Gasteiger partial charge in [0.25, 0.3) is 0 Å². The molecular weight excluding hydrogens is 364 g/mol. The van der Waals surface area contributed by atoms with Gasteiger partial charge in [0.1, 0.15) is 5.76 Å². The second-order valence-electron chi connectivity index (χ2n) is 8.10. The summed E-state index contributed by atoms with van der Waals surface area (Å²) in [7, 11) is 0. The number of allylic oxidation sites excluding steroid dienone is 5. The van der Waals surface area contributed by atoms with E-state index < -0.39 is 12.1 Å². The first kappa shape index (κ1) is 22.8. The minimum atomic E-state index is -0.516. The van der Waals surface area contributed by atoms with Crippen LogP contribution in [0.1, 0.15) is 65.4 Å². The normalized spacial score (nSPS) is 19.3. The predicted octanol–water partition coefficient (Wildman–Crippen LogP) is 6.61. The Balaban J connectivity index is 1.65. The van der Waals surface area contributed by atoms with Crippen LogP contribution in [0.15, 0.2) is 69.8 Å². The highest BCUT2D eigenvalue weighted by Crippen LogP contribution is 2.25. The summed E-state index contributed by atoms with van der Waals surface area (Å²) in [6, 6.07) is 2.03. The lowest BCUT2D eigenvalue weighted by Gasteiger charge is -2.11. The monoisotopic (exact) mass is 398 g/mol. The first-order chi connectivity index (χ1) is 13.9. The zero-order chi connectivity index (χ0) is 21.2. The molecule has 0 radical (unpaired) electrons. The molecule has 0 saturated carbocycles. The van der Waals surface area contributed by atoms with Crippen molar-refractivity contribution in [2.24, 2.45) is 5.92 Å². The van der Waals surface area contributed by atoms with Crippen LogP contribution in [-0.2, 0) is 16.0 Å². The van der Waals surface area contributed by atoms with E-state index in [-0.39, 0.29) is 5.76 Å². The molecule has 1 unspecified atom stereocenters. The highest BCUT2D eigenvalue weighted by Gasteiger charge is 2.31. The molecule has 0 saturated heterocycles. The molecule has 4 heteroatoms. The van der Waals surface area contributed by atoms with E-state index in [2.05, 4.69) is 38.2 Å². The van der Waals surface area contributed by atoms with Crippen LogP contribution in [0, 0.1) is 5.92 Å². The molecule has 2 heterocycles. The molecular formula is C25H34O4. The maximum absolute atomic E-state index is 11.5. The van der Waals surface area contributed by atoms with Crippen LogP contribution in [0.2, 0.25) is 0 Å². The number of carbonyl (C=O) groups excluding carboxylic acids is 1. The molecule has 1 N–H and O–H groups in total. The van der Waals surface area contributed by atoms with Gasteiger partial charge >= 0.3 is 5.97 Å². The van der Waals surface area contributed by atoms with Crippen LogP contribution < -0.4 is 0 Å². The Bertz CT molecular complexity index is 778. The summed E-state index contributed by atoms with van der Waals surface area (Å²) < 4.78 is 10.3. The quantitative estimate of drug-likeness (QED) is 0.259. The summed E-state index contributed by atoms with van der Waals surface area (Å²) in [5.74, 6) is 0.156. The lowest BCUT2D eigenvalue weighted by molar-refractivity contribution is -0.140. The van der Waals surface area contributed by atoms with Crippen molar-refractivity contribution in [2.75, 3.05) is 0 Å². The average Bonchev–Trinajstić information content (AvgIpc) is 3.27. The van der Waals surface area contributed by atoms with Crippen molar-refractivity contribution < 1.29 is 19.1 Å². The van der Waals surface area contributed by atoms with E-state index in [0.29, 0.717) is 17.9 Å². The molecule has 1 aromatic rings. The van der Waals surface area contributed by atoms with Gasteiger partial charge in [-0.25, -0.2) is 4.79 Å². The topological polar surface area (TPSA) is 59.7 Å². The minimum Gasteiger partial charge on any atom is -0.508 e. The lowest BCUT2D eigenvalue weighted by Crippen LogP contribution is -2.12. The van der Waals surface area contributed by atoms with Gasteiger partial charge in [0.15, 0.2) is 6.10 Å². The number of furan rings is 1. The molecule has 0 bridgehead atoms. The summed E-state index contributed by atoms with van der Waals surface area (Å²) in [6.45, 7) is 8.02. The molecule has 4 nitrogen and oxygen atoms in total. The van der Waals surface area contributed by atoms with Gasteiger partial charge in [-0.05, 0) is 70.4 Å². The average molecular weight is 399 g/mol. The van der Waals surface area contributed by atoms with Crippen molar-refractivity contribution in [3.8, 4) is 0 Å². The molecule has 0 spiro atoms. The van der Waals surface area contributed by atoms with E-state index in [1.54, 1.807) is 13.2 Å². The number of aliphatic hydroxyl groups excluding tert-OH is 1. The van der Waals surface area contributed by atoms with Gasteiger partial charge in [0.05, 0.1) is 18.1 Å². The molecule has 0 fully saturated rings. The van der Waals surface area contributed by atoms with E-state index in [4.69, 9.17) is 9.15 Å². The second-order valence-corrected chi connectivity index (χ2v) is 8.10. The number of hydrogen-bond acceptors (Lipinski definition) is 4. The molecule has 0 aliphatic carbocycles. The summed E-state index contributed by atoms with van der Waals surface area (Å²) in [6.07, 6.45) is 17.7. The van der Waals surface area contributed by atoms with Crippen LogP contribution in [-0.4, -0.2) is 17.2 Å². The first-order valence-corrected chi connectivity index (χ1v) is 10.5. The standard InChI is InChI=1S/C25H34O4/c1-18(8-5-9-19(2)11-7-13-22-14-15-28-17-22)10-6-12-20(3)16-23-24(26)21(4)25(27)29-23/h5,8-9,12,14-15,17-18,23,26H,6-7,10-11,13,16H2,1-4H3/b8-5?,19-9?,20-12-/t18?,23-/m0/s1. The van der Waals surface area contributed by atoms with Crippen molar-refractivity contribution in [3.05, 3.63) is 70.9 Å². The molecule has 0 amide bonds. The molecule has 2 rings (SSSR count). The lowest BCUT2D eigenvalue weighted by atomic mass is 10.0. The molecule has 29 heavy (non-hydrogen) atoms. The van der Waals surface area contributed by atoms with Crippen LogP contribution in [0.5, 0.6) is 0 Å². The highest BCUT2D eigenvalue weighted by atomic mass is 16.6. The molecule has 1 aliphatic heterocycles. The van der Waals surface area contributed by atoms with Crippen molar-refractivity contribution >= 4 is 5.97 Å². The van der Waals surface area contributed by atoms with Crippen LogP contribution in [0.4, 0.5) is 0 Å². The summed E-state index contributed by atoms with van der Waals surface area (Å²) in [4.78, 5) is 11.5. The van der Waals surface area contributed by atoms with Crippen molar-refractivity contribution in [1.82, 2.24) is 0 Å². The van der Waals surface area contributed by atoms with Crippen molar-refractivity contribution in [3.63, 3.8) is 0 Å². The van der Waals surface area contributed by atoms with Crippen LogP contribution >= 0.6 is 0 Å². The Morgan fingerprint density at radius 3 is 2.76 bits per heavy atom. The number of cyclic esters (lactones) is 1. The third kappa shape index (κ3) is 7.80. The van der Waals surface area contributed by atoms with Gasteiger partial charge in [-0.2, -0.15) is 0 Å². The Morgan fingerprint density at radius 1 is 1.31 bits per heavy atom. The predicted molar refractivity (Wildman–Crippen MR) is 117 cm³/mol. The van der Waals surface area contributed by atoms with Gasteiger partial charge in [-0.15, -0.1) is 0 Å². The third-order valence-electron chi connectivity index (χ3n) is 5.30. The SMILES string of the molecule is CC(=CC=CC(C)CC/C=C(/C)C[C@@H]1OC(=O)C(C)=C1O)CCCc1ccoc1. The Hall–Kier alpha value is -2.49. The fourth-order valence-corrected chi connectivity index (χ4v) is 3.32. The van der Waals surface area contributed by atoms with Crippen LogP contribution in [0.25, 0.3) is 0 Å². The number of rotatable bonds is 11. The van der Waals surface area contributed by atoms with Gasteiger partial charge in [-0.3, -0.25) is 0 Å². The van der Waals surface area contributed by atoms with Gasteiger partial charge in [0.2, 0.25) is 0 Å². The Kier molecular flexibility index (Phi) is 9.04. The number of ether oxygens (including phenoxy) is 1. The maximum atomic E-state index is 11.5. The Labute approximate surface area is 174 Å². The maximum Gasteiger partial charge on any atom is 0.338 e. The molecule has 158 valence electrons. The fraction of sp³-hybridized carbons (Fsp3) is 0.480. The fourth-order valence-electron chi connectivity index (χ4n) is 3.32. The Morgan fingerprint density at radius 2 is 2.10 bits per heavy atom. The van der Waals surface area contributed by atoms with E-state index in [1.165, 1.54) is 11.1 Å². The number of aryl methyl sites for hydroxylation is 1. The van der Waals surface area contributed by atoms with Crippen LogP contribution in [0.3, 0.4) is 0 Å². The van der Waals surface area contributed by atoms with Crippen molar-refractivity contribution in [1.29, 1.82) is 0 Å². The number of aliphatic hydroxyl groups is 1.